The Balaban J connectivity index is 2.05. The lowest BCUT2D eigenvalue weighted by molar-refractivity contribution is 1.09. The third kappa shape index (κ3) is 3.16. The molecule has 1 heterocycles. The van der Waals surface area contributed by atoms with Gasteiger partial charge in [0.25, 0.3) is 0 Å². The Bertz CT molecular complexity index is 562. The van der Waals surface area contributed by atoms with Crippen LogP contribution in [0.25, 0.3) is 0 Å². The highest BCUT2D eigenvalue weighted by Crippen LogP contribution is 2.09. The SMILES string of the molecule is N#Cc1cccc(CNc2cncc(Cl)n2)c1. The molecule has 2 aromatic rings. The topological polar surface area (TPSA) is 61.6 Å². The van der Waals surface area contributed by atoms with Crippen LogP contribution in [0.3, 0.4) is 0 Å². The number of rotatable bonds is 3. The number of nitrogens with one attached hydrogen (secondary N) is 1. The highest BCUT2D eigenvalue weighted by Gasteiger charge is 1.98. The first-order valence-corrected chi connectivity index (χ1v) is 5.36. The number of aromatic nitrogens is 2. The Morgan fingerprint density at radius 2 is 2.24 bits per heavy atom. The number of nitriles is 1. The van der Waals surface area contributed by atoms with Crippen molar-refractivity contribution < 1.29 is 0 Å². The van der Waals surface area contributed by atoms with E-state index in [9.17, 15) is 0 Å². The van der Waals surface area contributed by atoms with Crippen LogP contribution in [0.1, 0.15) is 11.1 Å². The van der Waals surface area contributed by atoms with Gasteiger partial charge < -0.3 is 5.32 Å². The predicted octanol–water partition coefficient (Wildman–Crippen LogP) is 2.61. The van der Waals surface area contributed by atoms with Gasteiger partial charge in [0, 0.05) is 6.54 Å². The molecule has 17 heavy (non-hydrogen) atoms. The molecule has 1 aromatic carbocycles. The van der Waals surface area contributed by atoms with E-state index in [1.54, 1.807) is 12.3 Å². The maximum Gasteiger partial charge on any atom is 0.149 e. The summed E-state index contributed by atoms with van der Waals surface area (Å²) in [4.78, 5) is 7.98. The molecule has 0 aliphatic carbocycles. The summed E-state index contributed by atoms with van der Waals surface area (Å²) in [6, 6.07) is 9.47. The Hall–Kier alpha value is -2.12. The Morgan fingerprint density at radius 1 is 1.35 bits per heavy atom. The summed E-state index contributed by atoms with van der Waals surface area (Å²) in [5.74, 6) is 0.611. The molecule has 0 amide bonds. The number of halogens is 1. The lowest BCUT2D eigenvalue weighted by Crippen LogP contribution is -2.02. The highest BCUT2D eigenvalue weighted by molar-refractivity contribution is 6.29. The van der Waals surface area contributed by atoms with Crippen LogP contribution in [-0.4, -0.2) is 9.97 Å². The average Bonchev–Trinajstić information content (AvgIpc) is 2.37. The minimum Gasteiger partial charge on any atom is -0.365 e. The number of nitrogens with zero attached hydrogens (tertiary/aromatic N) is 3. The van der Waals surface area contributed by atoms with Crippen molar-refractivity contribution in [2.24, 2.45) is 0 Å². The molecular weight excluding hydrogens is 236 g/mol. The van der Waals surface area contributed by atoms with Crippen molar-refractivity contribution in [2.75, 3.05) is 5.32 Å². The third-order valence-electron chi connectivity index (χ3n) is 2.13. The van der Waals surface area contributed by atoms with Gasteiger partial charge >= 0.3 is 0 Å². The van der Waals surface area contributed by atoms with Crippen LogP contribution in [0, 0.1) is 11.3 Å². The number of anilines is 1. The van der Waals surface area contributed by atoms with Crippen molar-refractivity contribution in [3.8, 4) is 6.07 Å². The van der Waals surface area contributed by atoms with E-state index in [0.717, 1.165) is 5.56 Å². The van der Waals surface area contributed by atoms with Crippen molar-refractivity contribution >= 4 is 17.4 Å². The summed E-state index contributed by atoms with van der Waals surface area (Å²) < 4.78 is 0. The Labute approximate surface area is 104 Å². The summed E-state index contributed by atoms with van der Waals surface area (Å²) in [5, 5.41) is 12.2. The molecule has 0 aliphatic rings. The summed E-state index contributed by atoms with van der Waals surface area (Å²) in [6.45, 7) is 0.574. The average molecular weight is 245 g/mol. The van der Waals surface area contributed by atoms with Crippen LogP contribution in [-0.2, 0) is 6.54 Å². The van der Waals surface area contributed by atoms with Crippen molar-refractivity contribution in [1.82, 2.24) is 9.97 Å². The molecule has 0 saturated heterocycles. The lowest BCUT2D eigenvalue weighted by atomic mass is 10.1. The van der Waals surface area contributed by atoms with E-state index in [2.05, 4.69) is 21.4 Å². The fraction of sp³-hybridized carbons (Fsp3) is 0.0833. The fourth-order valence-corrected chi connectivity index (χ4v) is 1.52. The van der Waals surface area contributed by atoms with Gasteiger partial charge in [-0.15, -0.1) is 0 Å². The second kappa shape index (κ2) is 5.28. The Kier molecular flexibility index (Phi) is 3.53. The molecule has 0 unspecified atom stereocenters. The van der Waals surface area contributed by atoms with Gasteiger partial charge in [0.05, 0.1) is 24.0 Å². The van der Waals surface area contributed by atoms with Crippen LogP contribution in [0.15, 0.2) is 36.7 Å². The van der Waals surface area contributed by atoms with E-state index in [4.69, 9.17) is 16.9 Å². The molecular formula is C12H9ClN4. The maximum atomic E-state index is 8.77. The zero-order valence-electron chi connectivity index (χ0n) is 8.89. The molecule has 0 bridgehead atoms. The molecule has 0 saturated carbocycles. The molecule has 0 radical (unpaired) electrons. The molecule has 1 N–H and O–H groups in total. The molecule has 0 spiro atoms. The van der Waals surface area contributed by atoms with E-state index in [0.29, 0.717) is 23.1 Å². The molecule has 4 nitrogen and oxygen atoms in total. The first-order valence-electron chi connectivity index (χ1n) is 4.98. The Morgan fingerprint density at radius 3 is 3.00 bits per heavy atom. The zero-order valence-corrected chi connectivity index (χ0v) is 9.65. The van der Waals surface area contributed by atoms with E-state index in [-0.39, 0.29) is 0 Å². The molecule has 0 fully saturated rings. The van der Waals surface area contributed by atoms with Crippen molar-refractivity contribution in [3.05, 3.63) is 52.9 Å². The number of hydrogen-bond donors (Lipinski definition) is 1. The number of benzene rings is 1. The first kappa shape index (κ1) is 11.4. The van der Waals surface area contributed by atoms with Crippen LogP contribution >= 0.6 is 11.6 Å². The molecule has 0 atom stereocenters. The van der Waals surface area contributed by atoms with Crippen molar-refractivity contribution in [3.63, 3.8) is 0 Å². The first-order chi connectivity index (χ1) is 8.28. The van der Waals surface area contributed by atoms with Gasteiger partial charge in [-0.2, -0.15) is 5.26 Å². The third-order valence-corrected chi connectivity index (χ3v) is 2.32. The molecule has 0 aliphatic heterocycles. The van der Waals surface area contributed by atoms with Gasteiger partial charge in [-0.05, 0) is 17.7 Å². The van der Waals surface area contributed by atoms with Gasteiger partial charge in [-0.3, -0.25) is 4.98 Å². The summed E-state index contributed by atoms with van der Waals surface area (Å²) in [7, 11) is 0. The highest BCUT2D eigenvalue weighted by atomic mass is 35.5. The molecule has 5 heteroatoms. The van der Waals surface area contributed by atoms with Gasteiger partial charge in [0.15, 0.2) is 0 Å². The minimum absolute atomic E-state index is 0.348. The van der Waals surface area contributed by atoms with E-state index >= 15 is 0 Å². The van der Waals surface area contributed by atoms with Gasteiger partial charge in [-0.1, -0.05) is 23.7 Å². The zero-order chi connectivity index (χ0) is 12.1. The fourth-order valence-electron chi connectivity index (χ4n) is 1.37. The van der Waals surface area contributed by atoms with E-state index in [1.807, 2.05) is 18.2 Å². The lowest BCUT2D eigenvalue weighted by Gasteiger charge is -2.05. The van der Waals surface area contributed by atoms with Crippen LogP contribution in [0.5, 0.6) is 0 Å². The van der Waals surface area contributed by atoms with Crippen molar-refractivity contribution in [2.45, 2.75) is 6.54 Å². The second-order valence-electron chi connectivity index (χ2n) is 3.39. The van der Waals surface area contributed by atoms with Gasteiger partial charge in [-0.25, -0.2) is 4.98 Å². The number of hydrogen-bond acceptors (Lipinski definition) is 4. The van der Waals surface area contributed by atoms with Crippen LogP contribution in [0.2, 0.25) is 5.15 Å². The summed E-state index contributed by atoms with van der Waals surface area (Å²) in [6.07, 6.45) is 3.07. The largest absolute Gasteiger partial charge is 0.365 e. The van der Waals surface area contributed by atoms with Crippen molar-refractivity contribution in [1.29, 1.82) is 5.26 Å². The minimum atomic E-state index is 0.348. The van der Waals surface area contributed by atoms with Gasteiger partial charge in [0.2, 0.25) is 0 Å². The van der Waals surface area contributed by atoms with Gasteiger partial charge in [0.1, 0.15) is 11.0 Å². The summed E-state index contributed by atoms with van der Waals surface area (Å²) >= 11 is 5.72. The second-order valence-corrected chi connectivity index (χ2v) is 3.78. The summed E-state index contributed by atoms with van der Waals surface area (Å²) in [5.41, 5.74) is 1.65. The maximum absolute atomic E-state index is 8.77. The molecule has 1 aromatic heterocycles. The monoisotopic (exact) mass is 244 g/mol. The van der Waals surface area contributed by atoms with Crippen LogP contribution in [0.4, 0.5) is 5.82 Å². The van der Waals surface area contributed by atoms with Crippen LogP contribution < -0.4 is 5.32 Å². The standard InChI is InChI=1S/C12H9ClN4/c13-11-7-15-8-12(17-11)16-6-10-3-1-2-9(4-10)5-14/h1-4,7-8H,6H2,(H,16,17). The predicted molar refractivity (Wildman–Crippen MR) is 65.5 cm³/mol. The normalized spacial score (nSPS) is 9.65. The smallest absolute Gasteiger partial charge is 0.149 e. The molecule has 84 valence electrons. The van der Waals surface area contributed by atoms with E-state index < -0.39 is 0 Å². The quantitative estimate of drug-likeness (QED) is 0.902. The van der Waals surface area contributed by atoms with E-state index in [1.165, 1.54) is 6.20 Å². The molecule has 2 rings (SSSR count).